The van der Waals surface area contributed by atoms with Gasteiger partial charge in [-0.05, 0) is 18.6 Å². The number of hydrogen-bond acceptors (Lipinski definition) is 3. The fraction of sp³-hybridized carbons (Fsp3) is 0.333. The first-order valence-electron chi connectivity index (χ1n) is 5.73. The number of aryl methyl sites for hydroxylation is 1. The summed E-state index contributed by atoms with van der Waals surface area (Å²) >= 11 is 6.00. The van der Waals surface area contributed by atoms with Crippen LogP contribution in [-0.2, 0) is 6.54 Å². The molecule has 0 radical (unpaired) electrons. The molecular formula is C12H14ClFN4. The molecule has 18 heavy (non-hydrogen) atoms. The Morgan fingerprint density at radius 3 is 2.94 bits per heavy atom. The molecule has 0 saturated carbocycles. The third-order valence-electron chi connectivity index (χ3n) is 2.71. The SMILES string of the molecule is CCCn1nncc1C(N)c1c(F)cccc1Cl. The number of rotatable bonds is 4. The number of halogens is 2. The molecule has 6 heteroatoms. The van der Waals surface area contributed by atoms with E-state index in [1.165, 1.54) is 6.07 Å². The van der Waals surface area contributed by atoms with E-state index in [1.807, 2.05) is 6.92 Å². The van der Waals surface area contributed by atoms with Gasteiger partial charge in [-0.2, -0.15) is 0 Å². The van der Waals surface area contributed by atoms with Gasteiger partial charge in [0.15, 0.2) is 0 Å². The molecule has 2 aromatic rings. The molecule has 0 bridgehead atoms. The van der Waals surface area contributed by atoms with Gasteiger partial charge in [0.05, 0.1) is 17.9 Å². The summed E-state index contributed by atoms with van der Waals surface area (Å²) in [5.41, 5.74) is 7.00. The molecule has 0 fully saturated rings. The van der Waals surface area contributed by atoms with Crippen LogP contribution in [0.2, 0.25) is 5.02 Å². The average molecular weight is 269 g/mol. The number of nitrogens with two attached hydrogens (primary N) is 1. The minimum absolute atomic E-state index is 0.277. The van der Waals surface area contributed by atoms with Gasteiger partial charge in [-0.15, -0.1) is 5.10 Å². The lowest BCUT2D eigenvalue weighted by Gasteiger charge is -2.15. The molecule has 0 amide bonds. The zero-order chi connectivity index (χ0) is 13.1. The molecule has 1 aromatic heterocycles. The Labute approximate surface area is 110 Å². The average Bonchev–Trinajstić information content (AvgIpc) is 2.77. The third-order valence-corrected chi connectivity index (χ3v) is 3.04. The van der Waals surface area contributed by atoms with Gasteiger partial charge in [0, 0.05) is 17.1 Å². The summed E-state index contributed by atoms with van der Waals surface area (Å²) in [5, 5.41) is 8.06. The molecule has 0 saturated heterocycles. The maximum atomic E-state index is 13.8. The first kappa shape index (κ1) is 13.0. The van der Waals surface area contributed by atoms with E-state index in [9.17, 15) is 4.39 Å². The molecule has 1 atom stereocenters. The summed E-state index contributed by atoms with van der Waals surface area (Å²) in [7, 11) is 0. The zero-order valence-electron chi connectivity index (χ0n) is 9.98. The summed E-state index contributed by atoms with van der Waals surface area (Å²) in [5.74, 6) is -0.417. The number of benzene rings is 1. The van der Waals surface area contributed by atoms with Gasteiger partial charge >= 0.3 is 0 Å². The van der Waals surface area contributed by atoms with Gasteiger partial charge in [-0.3, -0.25) is 0 Å². The predicted octanol–water partition coefficient (Wildman–Crippen LogP) is 2.53. The Bertz CT molecular complexity index is 520. The summed E-state index contributed by atoms with van der Waals surface area (Å²) in [6.45, 7) is 2.71. The molecule has 1 unspecified atom stereocenters. The van der Waals surface area contributed by atoms with Crippen LogP contribution < -0.4 is 5.73 Å². The van der Waals surface area contributed by atoms with E-state index in [2.05, 4.69) is 10.3 Å². The Morgan fingerprint density at radius 1 is 1.50 bits per heavy atom. The monoisotopic (exact) mass is 268 g/mol. The lowest BCUT2D eigenvalue weighted by molar-refractivity contribution is 0.533. The van der Waals surface area contributed by atoms with E-state index in [-0.39, 0.29) is 5.56 Å². The van der Waals surface area contributed by atoms with Gasteiger partial charge < -0.3 is 5.73 Å². The van der Waals surface area contributed by atoms with Gasteiger partial charge in [0.25, 0.3) is 0 Å². The van der Waals surface area contributed by atoms with Crippen molar-refractivity contribution in [2.24, 2.45) is 5.73 Å². The van der Waals surface area contributed by atoms with Crippen molar-refractivity contribution in [3.05, 3.63) is 46.5 Å². The van der Waals surface area contributed by atoms with Gasteiger partial charge in [-0.1, -0.05) is 29.8 Å². The number of hydrogen-bond donors (Lipinski definition) is 1. The molecule has 96 valence electrons. The fourth-order valence-electron chi connectivity index (χ4n) is 1.85. The van der Waals surface area contributed by atoms with Crippen molar-refractivity contribution in [2.75, 3.05) is 0 Å². The second kappa shape index (κ2) is 5.46. The molecule has 2 N–H and O–H groups in total. The van der Waals surface area contributed by atoms with Crippen LogP contribution in [0.25, 0.3) is 0 Å². The van der Waals surface area contributed by atoms with E-state index in [1.54, 1.807) is 23.0 Å². The number of aromatic nitrogens is 3. The highest BCUT2D eigenvalue weighted by Gasteiger charge is 2.20. The van der Waals surface area contributed by atoms with Crippen LogP contribution in [0.15, 0.2) is 24.4 Å². The van der Waals surface area contributed by atoms with Crippen molar-refractivity contribution in [2.45, 2.75) is 25.9 Å². The fourth-order valence-corrected chi connectivity index (χ4v) is 2.13. The molecule has 0 aliphatic heterocycles. The highest BCUT2D eigenvalue weighted by atomic mass is 35.5. The van der Waals surface area contributed by atoms with Crippen LogP contribution >= 0.6 is 11.6 Å². The quantitative estimate of drug-likeness (QED) is 0.927. The molecule has 0 spiro atoms. The number of nitrogens with zero attached hydrogens (tertiary/aromatic N) is 3. The lowest BCUT2D eigenvalue weighted by atomic mass is 10.0. The summed E-state index contributed by atoms with van der Waals surface area (Å²) in [6, 6.07) is 3.85. The van der Waals surface area contributed by atoms with Crippen LogP contribution in [0.4, 0.5) is 4.39 Å². The van der Waals surface area contributed by atoms with Crippen molar-refractivity contribution in [3.8, 4) is 0 Å². The van der Waals surface area contributed by atoms with E-state index < -0.39 is 11.9 Å². The van der Waals surface area contributed by atoms with E-state index in [0.717, 1.165) is 6.42 Å². The smallest absolute Gasteiger partial charge is 0.129 e. The van der Waals surface area contributed by atoms with Crippen molar-refractivity contribution < 1.29 is 4.39 Å². The maximum absolute atomic E-state index is 13.8. The van der Waals surface area contributed by atoms with Crippen molar-refractivity contribution in [1.29, 1.82) is 0 Å². The molecule has 1 aromatic carbocycles. The highest BCUT2D eigenvalue weighted by Crippen LogP contribution is 2.28. The van der Waals surface area contributed by atoms with Crippen LogP contribution in [-0.4, -0.2) is 15.0 Å². The van der Waals surface area contributed by atoms with Gasteiger partial charge in [0.2, 0.25) is 0 Å². The summed E-state index contributed by atoms with van der Waals surface area (Å²) in [4.78, 5) is 0. The van der Waals surface area contributed by atoms with E-state index >= 15 is 0 Å². The second-order valence-corrected chi connectivity index (χ2v) is 4.40. The Balaban J connectivity index is 2.41. The largest absolute Gasteiger partial charge is 0.319 e. The minimum atomic E-state index is -0.666. The van der Waals surface area contributed by atoms with Crippen LogP contribution in [0, 0.1) is 5.82 Å². The van der Waals surface area contributed by atoms with Crippen LogP contribution in [0.5, 0.6) is 0 Å². The van der Waals surface area contributed by atoms with Crippen molar-refractivity contribution in [3.63, 3.8) is 0 Å². The van der Waals surface area contributed by atoms with Gasteiger partial charge in [0.1, 0.15) is 5.82 Å². The topological polar surface area (TPSA) is 56.7 Å². The predicted molar refractivity (Wildman–Crippen MR) is 67.8 cm³/mol. The standard InChI is InChI=1S/C12H14ClFN4/c1-2-6-18-10(7-16-17-18)12(15)11-8(13)4-3-5-9(11)14/h3-5,7,12H,2,6,15H2,1H3. The molecule has 2 rings (SSSR count). The summed E-state index contributed by atoms with van der Waals surface area (Å²) < 4.78 is 15.5. The molecule has 0 aliphatic carbocycles. The molecule has 1 heterocycles. The highest BCUT2D eigenvalue weighted by molar-refractivity contribution is 6.31. The van der Waals surface area contributed by atoms with Crippen LogP contribution in [0.1, 0.15) is 30.6 Å². The summed E-state index contributed by atoms with van der Waals surface area (Å²) in [6.07, 6.45) is 2.44. The maximum Gasteiger partial charge on any atom is 0.129 e. The minimum Gasteiger partial charge on any atom is -0.319 e. The Hall–Kier alpha value is -1.46. The van der Waals surface area contributed by atoms with Gasteiger partial charge in [-0.25, -0.2) is 9.07 Å². The van der Waals surface area contributed by atoms with E-state index in [0.29, 0.717) is 17.3 Å². The Kier molecular flexibility index (Phi) is 3.93. The van der Waals surface area contributed by atoms with Crippen molar-refractivity contribution in [1.82, 2.24) is 15.0 Å². The van der Waals surface area contributed by atoms with E-state index in [4.69, 9.17) is 17.3 Å². The second-order valence-electron chi connectivity index (χ2n) is 4.00. The third kappa shape index (κ3) is 2.37. The molecule has 4 nitrogen and oxygen atoms in total. The molecular weight excluding hydrogens is 255 g/mol. The van der Waals surface area contributed by atoms with Crippen LogP contribution in [0.3, 0.4) is 0 Å². The lowest BCUT2D eigenvalue weighted by Crippen LogP contribution is -2.19. The first-order valence-corrected chi connectivity index (χ1v) is 6.10. The zero-order valence-corrected chi connectivity index (χ0v) is 10.7. The normalized spacial score (nSPS) is 12.7. The first-order chi connectivity index (χ1) is 8.65. The Morgan fingerprint density at radius 2 is 2.28 bits per heavy atom. The van der Waals surface area contributed by atoms with Crippen molar-refractivity contribution >= 4 is 11.6 Å². The molecule has 0 aliphatic rings.